The van der Waals surface area contributed by atoms with E-state index in [1.54, 1.807) is 24.1 Å². The summed E-state index contributed by atoms with van der Waals surface area (Å²) in [6.07, 6.45) is 2.71. The maximum atomic E-state index is 14.7. The first-order valence-electron chi connectivity index (χ1n) is 10.8. The number of carbonyl (C=O) groups excluding carboxylic acids is 2. The second-order valence-electron chi connectivity index (χ2n) is 8.10. The van der Waals surface area contributed by atoms with Crippen LogP contribution in [0.25, 0.3) is 22.0 Å². The smallest absolute Gasteiger partial charge is 0.247 e. The fourth-order valence-corrected chi connectivity index (χ4v) is 4.72. The van der Waals surface area contributed by atoms with E-state index in [1.807, 2.05) is 0 Å². The Morgan fingerprint density at radius 3 is 2.56 bits per heavy atom. The summed E-state index contributed by atoms with van der Waals surface area (Å²) in [7, 11) is 0. The summed E-state index contributed by atoms with van der Waals surface area (Å²) in [5.74, 6) is -1.20. The number of anilines is 2. The molecule has 2 N–H and O–H groups in total. The number of aryl methyl sites for hydroxylation is 1. The Kier molecular flexibility index (Phi) is 6.43. The maximum Gasteiger partial charge on any atom is 0.247 e. The number of halogens is 2. The lowest BCUT2D eigenvalue weighted by Crippen LogP contribution is -2.48. The van der Waals surface area contributed by atoms with Gasteiger partial charge in [0.15, 0.2) is 0 Å². The monoisotopic (exact) mass is 482 g/mol. The van der Waals surface area contributed by atoms with Crippen LogP contribution in [-0.4, -0.2) is 53.0 Å². The van der Waals surface area contributed by atoms with Crippen molar-refractivity contribution in [1.29, 1.82) is 0 Å². The van der Waals surface area contributed by atoms with E-state index in [-0.39, 0.29) is 28.1 Å². The lowest BCUT2D eigenvalue weighted by Gasteiger charge is -2.37. The summed E-state index contributed by atoms with van der Waals surface area (Å²) in [5.41, 5.74) is 2.70. The molecule has 2 heterocycles. The average Bonchev–Trinajstić information content (AvgIpc) is 2.80. The second kappa shape index (κ2) is 9.30. The predicted octanol–water partition coefficient (Wildman–Crippen LogP) is 4.50. The number of fused-ring (bicyclic) bond motifs is 1. The molecule has 2 aromatic carbocycles. The zero-order chi connectivity index (χ0) is 24.6. The largest absolute Gasteiger partial charge is 0.507 e. The number of nitrogens with one attached hydrogen (secondary N) is 1. The summed E-state index contributed by atoms with van der Waals surface area (Å²) < 4.78 is 14.7. The molecule has 34 heavy (non-hydrogen) atoms. The van der Waals surface area contributed by atoms with Gasteiger partial charge < -0.3 is 20.2 Å². The zero-order valence-corrected chi connectivity index (χ0v) is 19.6. The molecule has 0 spiro atoms. The third kappa shape index (κ3) is 4.17. The fraction of sp³-hybridized carbons (Fsp3) is 0.240. The number of phenolic OH excluding ortho intramolecular Hbond substituents is 1. The first-order chi connectivity index (χ1) is 16.2. The zero-order valence-electron chi connectivity index (χ0n) is 18.9. The standard InChI is InChI=1S/C25H24ClFN4O3/c1-4-21(34)29-19-13-28-24-14(2)22(23-18(27)6-5-7-20(23)33)17(26)12-16(24)25(19)31-10-8-30(9-11-31)15(3)32/h4-7,12-13,33H,1,8-11H2,2-3H3,(H,29,34). The molecule has 0 unspecified atom stereocenters. The number of hydrogen-bond acceptors (Lipinski definition) is 5. The molecule has 1 aliphatic heterocycles. The van der Waals surface area contributed by atoms with Crippen LogP contribution < -0.4 is 10.2 Å². The molecule has 0 bridgehead atoms. The van der Waals surface area contributed by atoms with Gasteiger partial charge >= 0.3 is 0 Å². The quantitative estimate of drug-likeness (QED) is 0.535. The Balaban J connectivity index is 1.92. The highest BCUT2D eigenvalue weighted by Crippen LogP contribution is 2.44. The fourth-order valence-electron chi connectivity index (χ4n) is 4.38. The van der Waals surface area contributed by atoms with Crippen LogP contribution in [0.15, 0.2) is 43.1 Å². The van der Waals surface area contributed by atoms with Gasteiger partial charge in [-0.25, -0.2) is 4.39 Å². The summed E-state index contributed by atoms with van der Waals surface area (Å²) >= 11 is 6.67. The molecule has 0 aliphatic carbocycles. The minimum atomic E-state index is -0.597. The van der Waals surface area contributed by atoms with E-state index in [4.69, 9.17) is 11.6 Å². The Labute approximate surface area is 201 Å². The molecule has 0 radical (unpaired) electrons. The molecule has 4 rings (SSSR count). The summed E-state index contributed by atoms with van der Waals surface area (Å²) in [4.78, 5) is 32.3. The number of rotatable bonds is 4. The van der Waals surface area contributed by atoms with Crippen molar-refractivity contribution < 1.29 is 19.1 Å². The van der Waals surface area contributed by atoms with Gasteiger partial charge in [0.2, 0.25) is 11.8 Å². The minimum absolute atomic E-state index is 0.00708. The van der Waals surface area contributed by atoms with Crippen molar-refractivity contribution in [2.75, 3.05) is 36.4 Å². The predicted molar refractivity (Wildman–Crippen MR) is 132 cm³/mol. The lowest BCUT2D eigenvalue weighted by molar-refractivity contribution is -0.129. The molecular weight excluding hydrogens is 459 g/mol. The summed E-state index contributed by atoms with van der Waals surface area (Å²) in [5, 5.41) is 14.1. The van der Waals surface area contributed by atoms with Crippen LogP contribution in [0.2, 0.25) is 5.02 Å². The molecule has 176 valence electrons. The van der Waals surface area contributed by atoms with Crippen molar-refractivity contribution in [1.82, 2.24) is 9.88 Å². The van der Waals surface area contributed by atoms with Crippen molar-refractivity contribution in [2.24, 2.45) is 0 Å². The topological polar surface area (TPSA) is 85.8 Å². The van der Waals surface area contributed by atoms with Crippen LogP contribution in [0, 0.1) is 12.7 Å². The van der Waals surface area contributed by atoms with E-state index in [2.05, 4.69) is 21.8 Å². The number of hydrogen-bond donors (Lipinski definition) is 2. The van der Waals surface area contributed by atoms with Crippen LogP contribution in [-0.2, 0) is 9.59 Å². The number of piperazine rings is 1. The molecular formula is C25H24ClFN4O3. The van der Waals surface area contributed by atoms with Gasteiger partial charge in [-0.3, -0.25) is 14.6 Å². The van der Waals surface area contributed by atoms with Gasteiger partial charge in [-0.1, -0.05) is 24.2 Å². The van der Waals surface area contributed by atoms with E-state index >= 15 is 0 Å². The third-order valence-corrected chi connectivity index (χ3v) is 6.35. The van der Waals surface area contributed by atoms with Crippen LogP contribution in [0.3, 0.4) is 0 Å². The van der Waals surface area contributed by atoms with E-state index < -0.39 is 5.82 Å². The highest BCUT2D eigenvalue weighted by Gasteiger charge is 2.26. The molecule has 3 aromatic rings. The Hall–Kier alpha value is -3.65. The number of nitrogens with zero attached hydrogens (tertiary/aromatic N) is 3. The number of aromatic nitrogens is 1. The number of phenols is 1. The van der Waals surface area contributed by atoms with E-state index in [9.17, 15) is 19.1 Å². The van der Waals surface area contributed by atoms with Gasteiger partial charge in [-0.2, -0.15) is 0 Å². The number of aromatic hydroxyl groups is 1. The maximum absolute atomic E-state index is 14.7. The van der Waals surface area contributed by atoms with Gasteiger partial charge in [-0.15, -0.1) is 0 Å². The highest BCUT2D eigenvalue weighted by molar-refractivity contribution is 6.35. The van der Waals surface area contributed by atoms with Crippen LogP contribution >= 0.6 is 11.6 Å². The molecule has 0 saturated carbocycles. The first kappa shape index (κ1) is 23.5. The van der Waals surface area contributed by atoms with Crippen LogP contribution in [0.4, 0.5) is 15.8 Å². The normalized spacial score (nSPS) is 13.8. The molecule has 1 aromatic heterocycles. The Morgan fingerprint density at radius 2 is 1.94 bits per heavy atom. The van der Waals surface area contributed by atoms with Gasteiger partial charge in [0.25, 0.3) is 0 Å². The van der Waals surface area contributed by atoms with Crippen molar-refractivity contribution in [3.8, 4) is 16.9 Å². The number of benzene rings is 2. The highest BCUT2D eigenvalue weighted by atomic mass is 35.5. The van der Waals surface area contributed by atoms with E-state index in [0.29, 0.717) is 59.6 Å². The van der Waals surface area contributed by atoms with Crippen LogP contribution in [0.1, 0.15) is 12.5 Å². The number of pyridine rings is 1. The molecule has 1 aliphatic rings. The van der Waals surface area contributed by atoms with Crippen molar-refractivity contribution in [3.63, 3.8) is 0 Å². The molecule has 7 nitrogen and oxygen atoms in total. The van der Waals surface area contributed by atoms with Gasteiger partial charge in [0.05, 0.1) is 28.7 Å². The first-order valence-corrected chi connectivity index (χ1v) is 11.1. The molecule has 1 fully saturated rings. The van der Waals surface area contributed by atoms with Crippen molar-refractivity contribution in [2.45, 2.75) is 13.8 Å². The van der Waals surface area contributed by atoms with Gasteiger partial charge in [0, 0.05) is 49.1 Å². The third-order valence-electron chi connectivity index (χ3n) is 6.05. The Morgan fingerprint density at radius 1 is 1.24 bits per heavy atom. The van der Waals surface area contributed by atoms with E-state index in [0.717, 1.165) is 0 Å². The van der Waals surface area contributed by atoms with Crippen molar-refractivity contribution >= 4 is 45.7 Å². The SMILES string of the molecule is C=CC(=O)Nc1cnc2c(C)c(-c3c(O)cccc3F)c(Cl)cc2c1N1CCN(C(C)=O)CC1. The molecule has 2 amide bonds. The second-order valence-corrected chi connectivity index (χ2v) is 8.50. The van der Waals surface area contributed by atoms with Gasteiger partial charge in [-0.05, 0) is 36.8 Å². The molecule has 9 heteroatoms. The lowest BCUT2D eigenvalue weighted by atomic mass is 9.95. The molecule has 0 atom stereocenters. The molecule has 1 saturated heterocycles. The number of amides is 2. The average molecular weight is 483 g/mol. The van der Waals surface area contributed by atoms with Crippen LogP contribution in [0.5, 0.6) is 5.75 Å². The minimum Gasteiger partial charge on any atom is -0.507 e. The number of carbonyl (C=O) groups is 2. The summed E-state index contributed by atoms with van der Waals surface area (Å²) in [6, 6.07) is 5.76. The Bertz CT molecular complexity index is 1300. The van der Waals surface area contributed by atoms with Crippen molar-refractivity contribution in [3.05, 3.63) is 59.5 Å². The summed E-state index contributed by atoms with van der Waals surface area (Å²) in [6.45, 7) is 8.96. The van der Waals surface area contributed by atoms with Gasteiger partial charge in [0.1, 0.15) is 11.6 Å². The van der Waals surface area contributed by atoms with E-state index in [1.165, 1.54) is 31.2 Å².